The molecule has 268 valence electrons. The quantitative estimate of drug-likeness (QED) is 0.0498. The summed E-state index contributed by atoms with van der Waals surface area (Å²) < 4.78 is 123. The lowest BCUT2D eigenvalue weighted by Crippen LogP contribution is -2.44. The van der Waals surface area contributed by atoms with Crippen LogP contribution in [0.4, 0.5) is 26.3 Å². The van der Waals surface area contributed by atoms with Crippen LogP contribution in [0.1, 0.15) is 33.4 Å². The number of rotatable bonds is 14. The molecule has 0 unspecified atom stereocenters. The number of carbonyl (C=O) groups excluding carboxylic acids is 1. The molecule has 3 aromatic rings. The number of alkyl halides is 6. The Kier molecular flexibility index (Phi) is 11.2. The number of halogens is 6. The average Bonchev–Trinajstić information content (AvgIpc) is 2.98. The third kappa shape index (κ3) is 8.34. The molecule has 0 spiro atoms. The van der Waals surface area contributed by atoms with E-state index in [4.69, 9.17) is 34.1 Å². The van der Waals surface area contributed by atoms with Crippen LogP contribution in [0.15, 0.2) is 72.8 Å². The van der Waals surface area contributed by atoms with Crippen LogP contribution in [0, 0.1) is 5.41 Å². The number of carboxylic acids is 1. The van der Waals surface area contributed by atoms with Gasteiger partial charge in [-0.1, -0.05) is 72.8 Å². The maximum absolute atomic E-state index is 14.2. The average molecular weight is 764 g/mol. The van der Waals surface area contributed by atoms with Crippen LogP contribution in [0.25, 0.3) is 0 Å². The molecule has 3 aromatic carbocycles. The summed E-state index contributed by atoms with van der Waals surface area (Å²) in [4.78, 5) is 80.0. The summed E-state index contributed by atoms with van der Waals surface area (Å²) in [6.45, 7) is -0.809. The predicted molar refractivity (Wildman–Crippen MR) is 154 cm³/mol. The molecule has 0 atom stereocenters. The van der Waals surface area contributed by atoms with Gasteiger partial charge >= 0.3 is 51.7 Å². The molecule has 0 aromatic heterocycles. The Morgan fingerprint density at radius 3 is 1.04 bits per heavy atom. The fourth-order valence-electron chi connectivity index (χ4n) is 4.38. The molecule has 0 fully saturated rings. The van der Waals surface area contributed by atoms with Crippen molar-refractivity contribution in [1.29, 1.82) is 0 Å². The van der Waals surface area contributed by atoms with Gasteiger partial charge in [-0.3, -0.25) is 23.3 Å². The Bertz CT molecular complexity index is 1760. The molecule has 0 heterocycles. The van der Waals surface area contributed by atoms with Gasteiger partial charge in [0.05, 0.1) is 0 Å². The van der Waals surface area contributed by atoms with Crippen LogP contribution in [-0.4, -0.2) is 46.4 Å². The molecule has 0 bridgehead atoms. The lowest BCUT2D eigenvalue weighted by molar-refractivity contribution is -0.170. The minimum atomic E-state index is -5.99. The standard InChI is InChI=1S/C27H25F6O13P3/c28-25(29,47(37,38)39)19-7-1-16(2-8-19)13-24(22(34)35,14-17-3-9-20(10-4-17)26(30,31)48(40,41)42)23(36)46-15-18-5-11-21(12-6-18)27(32,33)49(43,44)45/h1-12H,13-15H2,(H,34,35)(H2,37,38,39)(H2,40,41,42)(H2,43,44,45). The largest absolute Gasteiger partial charge is 0.480 e. The molecule has 7 N–H and O–H groups in total. The smallest absolute Gasteiger partial charge is 0.399 e. The first-order valence-corrected chi connectivity index (χ1v) is 18.0. The molecule has 3 rings (SSSR count). The highest BCUT2D eigenvalue weighted by molar-refractivity contribution is 7.53. The van der Waals surface area contributed by atoms with Gasteiger partial charge < -0.3 is 39.2 Å². The predicted octanol–water partition coefficient (Wildman–Crippen LogP) is 4.97. The van der Waals surface area contributed by atoms with Crippen molar-refractivity contribution in [3.63, 3.8) is 0 Å². The second-order valence-electron chi connectivity index (χ2n) is 10.7. The number of ether oxygens (including phenoxy) is 1. The molecule has 22 heteroatoms. The molecule has 13 nitrogen and oxygen atoms in total. The molecule has 0 saturated heterocycles. The van der Waals surface area contributed by atoms with Crippen LogP contribution in [0.5, 0.6) is 0 Å². The van der Waals surface area contributed by atoms with Crippen molar-refractivity contribution in [2.45, 2.75) is 36.4 Å². The molecule has 0 aliphatic carbocycles. The van der Waals surface area contributed by atoms with Crippen molar-refractivity contribution in [3.8, 4) is 0 Å². The zero-order valence-electron chi connectivity index (χ0n) is 24.2. The van der Waals surface area contributed by atoms with E-state index in [9.17, 15) is 54.7 Å². The minimum absolute atomic E-state index is 0.0778. The normalized spacial score (nSPS) is 13.6. The minimum Gasteiger partial charge on any atom is -0.480 e. The fourth-order valence-corrected chi connectivity index (χ4v) is 5.84. The number of carboxylic acid groups (broad SMARTS) is 1. The first kappa shape index (κ1) is 40.1. The summed E-state index contributed by atoms with van der Waals surface area (Å²) in [7, 11) is -17.9. The van der Waals surface area contributed by atoms with Crippen LogP contribution in [0.2, 0.25) is 0 Å². The van der Waals surface area contributed by atoms with E-state index in [1.807, 2.05) is 0 Å². The van der Waals surface area contributed by atoms with Gasteiger partial charge in [0.2, 0.25) is 0 Å². The number of benzene rings is 3. The second-order valence-corrected chi connectivity index (χ2v) is 15.6. The molecule has 0 radical (unpaired) electrons. The Balaban J connectivity index is 2.01. The van der Waals surface area contributed by atoms with E-state index in [1.165, 1.54) is 0 Å². The summed E-state index contributed by atoms with van der Waals surface area (Å²) in [5, 5.41) is 10.3. The van der Waals surface area contributed by atoms with Gasteiger partial charge in [-0.2, -0.15) is 26.3 Å². The number of esters is 1. The van der Waals surface area contributed by atoms with Crippen molar-refractivity contribution in [2.24, 2.45) is 5.41 Å². The zero-order valence-corrected chi connectivity index (χ0v) is 26.9. The first-order valence-electron chi connectivity index (χ1n) is 13.2. The molecule has 0 saturated carbocycles. The van der Waals surface area contributed by atoms with Crippen molar-refractivity contribution in [3.05, 3.63) is 106 Å². The highest BCUT2D eigenvalue weighted by Gasteiger charge is 2.53. The van der Waals surface area contributed by atoms with E-state index in [0.717, 1.165) is 36.4 Å². The van der Waals surface area contributed by atoms with Crippen molar-refractivity contribution in [1.82, 2.24) is 0 Å². The van der Waals surface area contributed by atoms with Crippen LogP contribution >= 0.6 is 22.8 Å². The highest BCUT2D eigenvalue weighted by atomic mass is 31.2. The lowest BCUT2D eigenvalue weighted by Gasteiger charge is -2.28. The number of aliphatic carboxylic acids is 1. The third-order valence-corrected chi connectivity index (χ3v) is 10.2. The third-order valence-electron chi connectivity index (χ3n) is 7.18. The summed E-state index contributed by atoms with van der Waals surface area (Å²) in [6, 6.07) is 8.51. The molecule has 0 aliphatic rings. The Labute approximate surface area is 271 Å². The molecule has 49 heavy (non-hydrogen) atoms. The molecular formula is C27H25F6O13P3. The van der Waals surface area contributed by atoms with E-state index >= 15 is 0 Å². The topological polar surface area (TPSA) is 236 Å². The maximum Gasteiger partial charge on any atom is 0.399 e. The Morgan fingerprint density at radius 2 is 0.796 bits per heavy atom. The highest BCUT2D eigenvalue weighted by Crippen LogP contribution is 2.61. The summed E-state index contributed by atoms with van der Waals surface area (Å²) in [6.07, 6.45) is -1.76. The second kappa shape index (κ2) is 13.7. The van der Waals surface area contributed by atoms with Gasteiger partial charge in [-0.05, 0) is 29.5 Å². The number of carbonyl (C=O) groups is 2. The van der Waals surface area contributed by atoms with E-state index < -0.39 is 93.3 Å². The van der Waals surface area contributed by atoms with Gasteiger partial charge in [0.15, 0.2) is 5.41 Å². The van der Waals surface area contributed by atoms with Crippen molar-refractivity contribution < 1.29 is 88.8 Å². The van der Waals surface area contributed by atoms with Gasteiger partial charge in [-0.15, -0.1) is 0 Å². The van der Waals surface area contributed by atoms with E-state index in [2.05, 4.69) is 0 Å². The van der Waals surface area contributed by atoms with Gasteiger partial charge in [0.25, 0.3) is 0 Å². The van der Waals surface area contributed by atoms with Gasteiger partial charge in [0, 0.05) is 16.7 Å². The fraction of sp³-hybridized carbons (Fsp3) is 0.259. The number of hydrogen-bond acceptors (Lipinski definition) is 6. The Hall–Kier alpha value is -3.37. The lowest BCUT2D eigenvalue weighted by atomic mass is 9.76. The van der Waals surface area contributed by atoms with Crippen LogP contribution < -0.4 is 0 Å². The zero-order chi connectivity index (χ0) is 37.4. The van der Waals surface area contributed by atoms with Crippen molar-refractivity contribution in [2.75, 3.05) is 0 Å². The van der Waals surface area contributed by atoms with E-state index in [-0.39, 0.29) is 16.7 Å². The molecule has 0 aliphatic heterocycles. The number of hydrogen-bond donors (Lipinski definition) is 7. The monoisotopic (exact) mass is 764 g/mol. The maximum atomic E-state index is 14.2. The van der Waals surface area contributed by atoms with E-state index in [0.29, 0.717) is 36.4 Å². The van der Waals surface area contributed by atoms with E-state index in [1.54, 1.807) is 0 Å². The van der Waals surface area contributed by atoms with Crippen LogP contribution in [0.3, 0.4) is 0 Å². The molecular weight excluding hydrogens is 739 g/mol. The van der Waals surface area contributed by atoms with Crippen molar-refractivity contribution >= 4 is 34.7 Å². The van der Waals surface area contributed by atoms with Gasteiger partial charge in [-0.25, -0.2) is 0 Å². The molecule has 0 amide bonds. The first-order chi connectivity index (χ1) is 22.2. The summed E-state index contributed by atoms with van der Waals surface area (Å²) in [5.41, 5.74) is -20.4. The summed E-state index contributed by atoms with van der Waals surface area (Å²) >= 11 is 0. The Morgan fingerprint density at radius 1 is 0.531 bits per heavy atom. The summed E-state index contributed by atoms with van der Waals surface area (Å²) in [5.74, 6) is -3.46. The van der Waals surface area contributed by atoms with Gasteiger partial charge in [0.1, 0.15) is 6.61 Å². The van der Waals surface area contributed by atoms with Crippen LogP contribution in [-0.2, 0) is 64.5 Å². The SMILES string of the molecule is O=C(O)C(Cc1ccc(C(F)(F)P(=O)(O)O)cc1)(Cc1ccc(C(F)(F)P(=O)(O)O)cc1)C(=O)OCc1ccc(C(F)(F)P(=O)(O)O)cc1.